The van der Waals surface area contributed by atoms with Crippen molar-refractivity contribution in [3.05, 3.63) is 68.6 Å². The molecule has 0 radical (unpaired) electrons. The van der Waals surface area contributed by atoms with Gasteiger partial charge in [0.15, 0.2) is 0 Å². The maximum atomic E-state index is 13.9. The predicted octanol–water partition coefficient (Wildman–Crippen LogP) is 3.03. The van der Waals surface area contributed by atoms with E-state index in [0.717, 1.165) is 18.9 Å². The second-order valence-electron chi connectivity index (χ2n) is 10.5. The zero-order valence-corrected chi connectivity index (χ0v) is 23.5. The Balaban J connectivity index is 0.00000387. The summed E-state index contributed by atoms with van der Waals surface area (Å²) in [7, 11) is 0. The third-order valence-electron chi connectivity index (χ3n) is 7.21. The second-order valence-corrected chi connectivity index (χ2v) is 10.5. The molecule has 11 nitrogen and oxygen atoms in total. The number of anilines is 2. The predicted molar refractivity (Wildman–Crippen MR) is 155 cm³/mol. The van der Waals surface area contributed by atoms with Gasteiger partial charge in [-0.2, -0.15) is 5.26 Å². The van der Waals surface area contributed by atoms with Gasteiger partial charge in [0.2, 0.25) is 5.91 Å². The normalized spacial score (nSPS) is 16.7. The Hall–Kier alpha value is -4.21. The number of aromatic nitrogens is 2. The van der Waals surface area contributed by atoms with Gasteiger partial charge < -0.3 is 20.9 Å². The van der Waals surface area contributed by atoms with Gasteiger partial charge in [-0.05, 0) is 69.0 Å². The molecule has 0 bridgehead atoms. The third kappa shape index (κ3) is 6.26. The average molecular weight is 584 g/mol. The minimum absolute atomic E-state index is 0. The number of hydrogen-bond donors (Lipinski definition) is 3. The maximum absolute atomic E-state index is 13.9. The summed E-state index contributed by atoms with van der Waals surface area (Å²) >= 11 is 0. The van der Waals surface area contributed by atoms with Gasteiger partial charge in [-0.1, -0.05) is 0 Å². The Labute approximate surface area is 241 Å². The topological polar surface area (TPSA) is 141 Å². The number of nitriles is 1. The number of carbonyl (C=O) groups is 2. The van der Waals surface area contributed by atoms with Gasteiger partial charge in [-0.3, -0.25) is 18.7 Å². The number of carbonyl (C=O) groups excluding carboxylic acids is 2. The van der Waals surface area contributed by atoms with Crippen LogP contribution in [0.5, 0.6) is 0 Å². The van der Waals surface area contributed by atoms with Gasteiger partial charge in [-0.25, -0.2) is 14.0 Å². The lowest BCUT2D eigenvalue weighted by Gasteiger charge is -2.33. The van der Waals surface area contributed by atoms with E-state index in [1.807, 2.05) is 13.8 Å². The summed E-state index contributed by atoms with van der Waals surface area (Å²) in [5.41, 5.74) is 0.276. The number of halogens is 2. The van der Waals surface area contributed by atoms with Crippen LogP contribution in [-0.2, 0) is 11.3 Å². The van der Waals surface area contributed by atoms with Crippen LogP contribution in [0.3, 0.4) is 0 Å². The number of nitrogens with zero attached hydrogens (tertiary/aromatic N) is 4. The van der Waals surface area contributed by atoms with Crippen molar-refractivity contribution in [2.45, 2.75) is 45.3 Å². The number of rotatable bonds is 6. The molecular weight excluding hydrogens is 553 g/mol. The first-order valence-corrected chi connectivity index (χ1v) is 13.2. The molecule has 3 N–H and O–H groups in total. The molecule has 2 fully saturated rings. The quantitative estimate of drug-likeness (QED) is 0.407. The van der Waals surface area contributed by atoms with Crippen molar-refractivity contribution in [1.82, 2.24) is 19.4 Å². The molecule has 41 heavy (non-hydrogen) atoms. The molecule has 1 unspecified atom stereocenters. The molecule has 13 heteroatoms. The molecule has 0 spiro atoms. The van der Waals surface area contributed by atoms with E-state index >= 15 is 0 Å². The van der Waals surface area contributed by atoms with Crippen LogP contribution in [0.2, 0.25) is 0 Å². The van der Waals surface area contributed by atoms with Crippen LogP contribution in [0, 0.1) is 23.1 Å². The number of urea groups is 1. The molecule has 1 aliphatic carbocycles. The summed E-state index contributed by atoms with van der Waals surface area (Å²) in [4.78, 5) is 53.8. The Bertz CT molecular complexity index is 1660. The number of fused-ring (bicyclic) bond motifs is 1. The van der Waals surface area contributed by atoms with Gasteiger partial charge in [-0.15, -0.1) is 12.4 Å². The molecule has 1 saturated heterocycles. The van der Waals surface area contributed by atoms with Crippen molar-refractivity contribution in [2.75, 3.05) is 30.3 Å². The molecule has 2 aliphatic rings. The molecule has 2 aromatic carbocycles. The van der Waals surface area contributed by atoms with Crippen LogP contribution in [0.15, 0.2) is 46.0 Å². The first-order valence-electron chi connectivity index (χ1n) is 13.2. The highest BCUT2D eigenvalue weighted by molar-refractivity contribution is 5.97. The largest absolute Gasteiger partial charge is 0.331 e. The van der Waals surface area contributed by atoms with E-state index < -0.39 is 23.8 Å². The van der Waals surface area contributed by atoms with Crippen LogP contribution >= 0.6 is 12.4 Å². The number of benzene rings is 2. The van der Waals surface area contributed by atoms with Gasteiger partial charge >= 0.3 is 11.7 Å². The fourth-order valence-corrected chi connectivity index (χ4v) is 4.90. The van der Waals surface area contributed by atoms with E-state index in [0.29, 0.717) is 42.1 Å². The maximum Gasteiger partial charge on any atom is 0.331 e. The lowest BCUT2D eigenvalue weighted by atomic mass is 10.1. The van der Waals surface area contributed by atoms with Crippen LogP contribution < -0.4 is 27.2 Å². The fraction of sp³-hybridized carbons (Fsp3) is 0.393. The van der Waals surface area contributed by atoms with Crippen molar-refractivity contribution in [2.24, 2.45) is 5.92 Å². The minimum Gasteiger partial charge on any atom is -0.325 e. The summed E-state index contributed by atoms with van der Waals surface area (Å²) in [5, 5.41) is 17.7. The Morgan fingerprint density at radius 2 is 1.83 bits per heavy atom. The number of nitrogens with one attached hydrogen (secondary N) is 3. The number of hydrogen-bond acceptors (Lipinski definition) is 6. The molecule has 1 saturated carbocycles. The van der Waals surface area contributed by atoms with E-state index in [1.165, 1.54) is 21.6 Å². The molecule has 1 atom stereocenters. The standard InChI is InChI=1S/C28H30FN7O4.ClH/c1-16(2)36-24-8-7-19(11-21(24)26(38)35(28(36)40)14-17-3-4-17)33-27(39)34-10-9-31-23(15-34)25(37)32-20-6-5-18(13-30)22(29)12-20;/h5-8,11-12,16-17,23,31H,3-4,9-10,14-15H2,1-2H3,(H,32,37)(H,33,39);1H. The monoisotopic (exact) mass is 583 g/mol. The van der Waals surface area contributed by atoms with Crippen molar-refractivity contribution in [3.8, 4) is 6.07 Å². The Morgan fingerprint density at radius 3 is 2.49 bits per heavy atom. The van der Waals surface area contributed by atoms with Crippen LogP contribution in [0.1, 0.15) is 38.3 Å². The van der Waals surface area contributed by atoms with Gasteiger partial charge in [0.05, 0.1) is 16.5 Å². The SMILES string of the molecule is CC(C)n1c(=O)n(CC2CC2)c(=O)c2cc(NC(=O)N3CCNC(C(=O)Nc4ccc(C#N)c(F)c4)C3)ccc21.Cl. The summed E-state index contributed by atoms with van der Waals surface area (Å²) < 4.78 is 16.8. The molecular formula is C28H31ClFN7O4. The van der Waals surface area contributed by atoms with Crippen LogP contribution in [0.25, 0.3) is 10.9 Å². The van der Waals surface area contributed by atoms with E-state index in [2.05, 4.69) is 16.0 Å². The molecule has 1 aliphatic heterocycles. The Kier molecular flexibility index (Phi) is 8.80. The number of piperazine rings is 1. The van der Waals surface area contributed by atoms with E-state index in [9.17, 15) is 23.6 Å². The van der Waals surface area contributed by atoms with Gasteiger partial charge in [0.25, 0.3) is 5.56 Å². The smallest absolute Gasteiger partial charge is 0.325 e. The second kappa shape index (κ2) is 12.1. The zero-order chi connectivity index (χ0) is 28.6. The first kappa shape index (κ1) is 29.8. The highest BCUT2D eigenvalue weighted by Gasteiger charge is 2.29. The summed E-state index contributed by atoms with van der Waals surface area (Å²) in [5.74, 6) is -0.853. The van der Waals surface area contributed by atoms with Crippen molar-refractivity contribution >= 4 is 46.6 Å². The highest BCUT2D eigenvalue weighted by atomic mass is 35.5. The molecule has 3 amide bonds. The summed E-state index contributed by atoms with van der Waals surface area (Å²) in [6.07, 6.45) is 1.99. The van der Waals surface area contributed by atoms with Crippen molar-refractivity contribution in [1.29, 1.82) is 5.26 Å². The molecule has 216 valence electrons. The fourth-order valence-electron chi connectivity index (χ4n) is 4.90. The highest BCUT2D eigenvalue weighted by Crippen LogP contribution is 2.30. The van der Waals surface area contributed by atoms with Crippen LogP contribution in [0.4, 0.5) is 20.6 Å². The first-order chi connectivity index (χ1) is 19.2. The average Bonchev–Trinajstić information content (AvgIpc) is 3.76. The van der Waals surface area contributed by atoms with Gasteiger partial charge in [0.1, 0.15) is 17.9 Å². The minimum atomic E-state index is -0.745. The molecule has 2 heterocycles. The number of amides is 3. The molecule has 5 rings (SSSR count). The Morgan fingerprint density at radius 1 is 1.12 bits per heavy atom. The van der Waals surface area contributed by atoms with E-state index in [4.69, 9.17) is 5.26 Å². The molecule has 1 aromatic heterocycles. The lowest BCUT2D eigenvalue weighted by Crippen LogP contribution is -2.57. The summed E-state index contributed by atoms with van der Waals surface area (Å²) in [6, 6.07) is 9.06. The van der Waals surface area contributed by atoms with E-state index in [1.54, 1.807) is 28.8 Å². The van der Waals surface area contributed by atoms with Crippen molar-refractivity contribution < 1.29 is 14.0 Å². The summed E-state index contributed by atoms with van der Waals surface area (Å²) in [6.45, 7) is 4.92. The van der Waals surface area contributed by atoms with E-state index in [-0.39, 0.29) is 47.5 Å². The zero-order valence-electron chi connectivity index (χ0n) is 22.6. The van der Waals surface area contributed by atoms with Gasteiger partial charge in [0, 0.05) is 43.6 Å². The lowest BCUT2D eigenvalue weighted by molar-refractivity contribution is -0.118. The van der Waals surface area contributed by atoms with Crippen LogP contribution in [-0.4, -0.2) is 51.6 Å². The van der Waals surface area contributed by atoms with Crippen molar-refractivity contribution in [3.63, 3.8) is 0 Å². The molecule has 3 aromatic rings. The third-order valence-corrected chi connectivity index (χ3v) is 7.21.